The van der Waals surface area contributed by atoms with Crippen LogP contribution in [0.4, 0.5) is 10.5 Å². The summed E-state index contributed by atoms with van der Waals surface area (Å²) in [4.78, 5) is 45.6. The molecular weight excluding hydrogens is 350 g/mol. The second-order valence-electron chi connectivity index (χ2n) is 4.99. The van der Waals surface area contributed by atoms with Crippen molar-refractivity contribution in [2.75, 3.05) is 6.54 Å². The van der Waals surface area contributed by atoms with Crippen LogP contribution >= 0.6 is 11.3 Å². The first-order chi connectivity index (χ1) is 11.8. The molecular formula is C15H15N3O6S. The number of benzene rings is 1. The number of non-ortho nitro benzene ring substituents is 1. The summed E-state index contributed by atoms with van der Waals surface area (Å²) in [6.45, 7) is 3.38. The van der Waals surface area contributed by atoms with Gasteiger partial charge in [0.1, 0.15) is 4.88 Å². The fraction of sp³-hybridized carbons (Fsp3) is 0.267. The molecule has 10 heteroatoms. The summed E-state index contributed by atoms with van der Waals surface area (Å²) in [5.41, 5.74) is -0.0834. The third-order valence-electron chi connectivity index (χ3n) is 3.14. The van der Waals surface area contributed by atoms with Gasteiger partial charge >= 0.3 is 12.0 Å². The first kappa shape index (κ1) is 18.3. The zero-order valence-electron chi connectivity index (χ0n) is 13.4. The monoisotopic (exact) mass is 365 g/mol. The largest absolute Gasteiger partial charge is 0.448 e. The van der Waals surface area contributed by atoms with E-state index in [0.717, 1.165) is 11.3 Å². The van der Waals surface area contributed by atoms with E-state index in [-0.39, 0.29) is 10.6 Å². The molecule has 1 heterocycles. The molecule has 0 fully saturated rings. The Labute approximate surface area is 146 Å². The lowest BCUT2D eigenvalue weighted by Gasteiger charge is -2.12. The summed E-state index contributed by atoms with van der Waals surface area (Å²) < 4.78 is 5.71. The summed E-state index contributed by atoms with van der Waals surface area (Å²) >= 11 is 1.09. The average molecular weight is 365 g/mol. The van der Waals surface area contributed by atoms with Crippen LogP contribution < -0.4 is 10.6 Å². The smallest absolute Gasteiger partial charge is 0.349 e. The lowest BCUT2D eigenvalue weighted by Crippen LogP contribution is -2.44. The van der Waals surface area contributed by atoms with Gasteiger partial charge in [-0.15, -0.1) is 11.3 Å². The van der Waals surface area contributed by atoms with Gasteiger partial charge in [-0.25, -0.2) is 9.59 Å². The Morgan fingerprint density at radius 2 is 2.04 bits per heavy atom. The molecule has 0 saturated carbocycles. The normalized spacial score (nSPS) is 11.6. The van der Waals surface area contributed by atoms with Crippen molar-refractivity contribution in [2.24, 2.45) is 0 Å². The van der Waals surface area contributed by atoms with Crippen LogP contribution in [0.5, 0.6) is 0 Å². The van der Waals surface area contributed by atoms with Crippen molar-refractivity contribution in [2.45, 2.75) is 20.0 Å². The number of urea groups is 1. The highest BCUT2D eigenvalue weighted by Gasteiger charge is 2.22. The number of nitrogens with zero attached hydrogens (tertiary/aromatic N) is 1. The molecule has 0 aliphatic heterocycles. The molecule has 9 nitrogen and oxygen atoms in total. The van der Waals surface area contributed by atoms with Crippen molar-refractivity contribution in [3.8, 4) is 0 Å². The van der Waals surface area contributed by atoms with Gasteiger partial charge in [0.15, 0.2) is 6.10 Å². The topological polar surface area (TPSA) is 128 Å². The maximum absolute atomic E-state index is 12.1. The molecule has 132 valence electrons. The van der Waals surface area contributed by atoms with E-state index < -0.39 is 28.9 Å². The SMILES string of the molecule is CCNC(=O)NC(=O)C(C)OC(=O)c1cc2cc([N+](=O)[O-])ccc2s1. The predicted molar refractivity (Wildman–Crippen MR) is 90.6 cm³/mol. The molecule has 25 heavy (non-hydrogen) atoms. The van der Waals surface area contributed by atoms with Gasteiger partial charge in [-0.3, -0.25) is 20.2 Å². The lowest BCUT2D eigenvalue weighted by molar-refractivity contribution is -0.384. The maximum atomic E-state index is 12.1. The number of hydrogen-bond acceptors (Lipinski definition) is 7. The van der Waals surface area contributed by atoms with E-state index >= 15 is 0 Å². The van der Waals surface area contributed by atoms with Crippen LogP contribution in [0.25, 0.3) is 10.1 Å². The Balaban J connectivity index is 2.07. The highest BCUT2D eigenvalue weighted by Crippen LogP contribution is 2.29. The molecule has 0 bridgehead atoms. The Bertz CT molecular complexity index is 847. The summed E-state index contributed by atoms with van der Waals surface area (Å²) in [7, 11) is 0. The maximum Gasteiger partial charge on any atom is 0.349 e. The quantitative estimate of drug-likeness (QED) is 0.475. The van der Waals surface area contributed by atoms with Gasteiger partial charge in [-0.1, -0.05) is 0 Å². The van der Waals surface area contributed by atoms with Crippen LogP contribution in [0, 0.1) is 10.1 Å². The van der Waals surface area contributed by atoms with Crippen molar-refractivity contribution in [1.82, 2.24) is 10.6 Å². The zero-order chi connectivity index (χ0) is 18.6. The number of hydrogen-bond donors (Lipinski definition) is 2. The van der Waals surface area contributed by atoms with Crippen molar-refractivity contribution in [3.63, 3.8) is 0 Å². The molecule has 3 amide bonds. The molecule has 2 aromatic rings. The number of thiophene rings is 1. The van der Waals surface area contributed by atoms with Crippen molar-refractivity contribution in [1.29, 1.82) is 0 Å². The molecule has 1 aromatic carbocycles. The number of ether oxygens (including phenoxy) is 1. The molecule has 0 radical (unpaired) electrons. The second-order valence-corrected chi connectivity index (χ2v) is 6.07. The van der Waals surface area contributed by atoms with Gasteiger partial charge < -0.3 is 10.1 Å². The number of carbonyl (C=O) groups is 3. The lowest BCUT2D eigenvalue weighted by atomic mass is 10.2. The van der Waals surface area contributed by atoms with Gasteiger partial charge in [0.2, 0.25) is 0 Å². The van der Waals surface area contributed by atoms with E-state index in [0.29, 0.717) is 16.6 Å². The summed E-state index contributed by atoms with van der Waals surface area (Å²) in [6, 6.07) is 5.03. The fourth-order valence-corrected chi connectivity index (χ4v) is 2.86. The highest BCUT2D eigenvalue weighted by molar-refractivity contribution is 7.20. The van der Waals surface area contributed by atoms with Crippen molar-refractivity contribution in [3.05, 3.63) is 39.3 Å². The zero-order valence-corrected chi connectivity index (χ0v) is 14.2. The van der Waals surface area contributed by atoms with Gasteiger partial charge in [0.05, 0.1) is 4.92 Å². The molecule has 2 N–H and O–H groups in total. The van der Waals surface area contributed by atoms with Crippen LogP contribution in [0.15, 0.2) is 24.3 Å². The number of rotatable bonds is 5. The van der Waals surface area contributed by atoms with Crippen LogP contribution in [0.3, 0.4) is 0 Å². The molecule has 1 aromatic heterocycles. The third-order valence-corrected chi connectivity index (χ3v) is 4.24. The molecule has 1 atom stereocenters. The van der Waals surface area contributed by atoms with Gasteiger partial charge in [-0.05, 0) is 26.0 Å². The summed E-state index contributed by atoms with van der Waals surface area (Å²) in [5.74, 6) is -1.50. The first-order valence-corrected chi connectivity index (χ1v) is 8.11. The van der Waals surface area contributed by atoms with Crippen LogP contribution in [-0.4, -0.2) is 35.5 Å². The predicted octanol–water partition coefficient (Wildman–Crippen LogP) is 2.20. The number of nitro benzene ring substituents is 1. The van der Waals surface area contributed by atoms with Crippen molar-refractivity contribution < 1.29 is 24.0 Å². The Morgan fingerprint density at radius 3 is 2.68 bits per heavy atom. The molecule has 2 rings (SSSR count). The number of amides is 3. The minimum absolute atomic E-state index is 0.0834. The highest BCUT2D eigenvalue weighted by atomic mass is 32.1. The Hall–Kier alpha value is -3.01. The van der Waals surface area contributed by atoms with Crippen LogP contribution in [0.1, 0.15) is 23.5 Å². The number of nitrogens with one attached hydrogen (secondary N) is 2. The van der Waals surface area contributed by atoms with Gasteiger partial charge in [0, 0.05) is 28.8 Å². The van der Waals surface area contributed by atoms with Gasteiger partial charge in [-0.2, -0.15) is 0 Å². The minimum atomic E-state index is -1.17. The van der Waals surface area contributed by atoms with E-state index in [9.17, 15) is 24.5 Å². The molecule has 0 aliphatic carbocycles. The number of esters is 1. The number of imide groups is 1. The van der Waals surface area contributed by atoms with E-state index in [2.05, 4.69) is 5.32 Å². The van der Waals surface area contributed by atoms with E-state index in [4.69, 9.17) is 4.74 Å². The van der Waals surface area contributed by atoms with E-state index in [1.807, 2.05) is 5.32 Å². The number of carbonyl (C=O) groups excluding carboxylic acids is 3. The molecule has 0 spiro atoms. The second kappa shape index (κ2) is 7.71. The number of nitro groups is 1. The molecule has 1 unspecified atom stereocenters. The van der Waals surface area contributed by atoms with E-state index in [1.54, 1.807) is 13.0 Å². The fourth-order valence-electron chi connectivity index (χ4n) is 1.94. The standard InChI is InChI=1S/C15H15N3O6S/c1-3-16-15(21)17-13(19)8(2)24-14(20)12-7-9-6-10(18(22)23)4-5-11(9)25-12/h4-8H,3H2,1-2H3,(H2,16,17,19,21). The minimum Gasteiger partial charge on any atom is -0.448 e. The molecule has 0 aliphatic rings. The molecule has 0 saturated heterocycles. The average Bonchev–Trinajstić information content (AvgIpc) is 2.97. The van der Waals surface area contributed by atoms with Crippen LogP contribution in [-0.2, 0) is 9.53 Å². The number of fused-ring (bicyclic) bond motifs is 1. The summed E-state index contributed by atoms with van der Waals surface area (Å²) in [6.07, 6.45) is -1.17. The van der Waals surface area contributed by atoms with E-state index in [1.165, 1.54) is 25.1 Å². The van der Waals surface area contributed by atoms with Gasteiger partial charge in [0.25, 0.3) is 11.6 Å². The van der Waals surface area contributed by atoms with Crippen LogP contribution in [0.2, 0.25) is 0 Å². The Kier molecular flexibility index (Phi) is 5.65. The Morgan fingerprint density at radius 1 is 1.32 bits per heavy atom. The third kappa shape index (κ3) is 4.51. The first-order valence-electron chi connectivity index (χ1n) is 7.29. The van der Waals surface area contributed by atoms with Crippen molar-refractivity contribution >= 4 is 45.0 Å². The summed E-state index contributed by atoms with van der Waals surface area (Å²) in [5, 5.41) is 15.7.